The van der Waals surface area contributed by atoms with Gasteiger partial charge in [0.15, 0.2) is 0 Å². The number of para-hydroxylation sites is 1. The quantitative estimate of drug-likeness (QED) is 0.191. The Hall–Kier alpha value is -3.58. The summed E-state index contributed by atoms with van der Waals surface area (Å²) in [5, 5.41) is 1.06. The second kappa shape index (κ2) is 14.5. The molecule has 1 amide bonds. The van der Waals surface area contributed by atoms with E-state index in [1.807, 2.05) is 74.5 Å². The number of hydrogen-bond donors (Lipinski definition) is 0. The Balaban J connectivity index is 1.24. The lowest BCUT2D eigenvalue weighted by Crippen LogP contribution is -2.47. The zero-order valence-corrected chi connectivity index (χ0v) is 27.2. The normalized spacial score (nSPS) is 14.4. The van der Waals surface area contributed by atoms with Crippen LogP contribution in [-0.2, 0) is 6.54 Å². The van der Waals surface area contributed by atoms with E-state index in [2.05, 4.69) is 34.1 Å². The molecular weight excluding hydrogens is 591 g/mol. The van der Waals surface area contributed by atoms with Crippen LogP contribution in [0.5, 0.6) is 0 Å². The molecule has 1 aliphatic heterocycles. The van der Waals surface area contributed by atoms with Gasteiger partial charge < -0.3 is 14.4 Å². The number of hydrogen-bond acceptors (Lipinski definition) is 4. The zero-order chi connectivity index (χ0) is 31.2. The first kappa shape index (κ1) is 31.8. The largest absolute Gasteiger partial charge is 0.369 e. The Morgan fingerprint density at radius 1 is 0.864 bits per heavy atom. The smallest absolute Gasteiger partial charge is 0.253 e. The van der Waals surface area contributed by atoms with Gasteiger partial charge in [-0.05, 0) is 74.3 Å². The number of carbonyl (C=O) groups excluding carboxylic acids is 1. The van der Waals surface area contributed by atoms with Crippen LogP contribution in [-0.4, -0.2) is 66.6 Å². The van der Waals surface area contributed by atoms with E-state index in [-0.39, 0.29) is 17.4 Å². The van der Waals surface area contributed by atoms with E-state index in [0.29, 0.717) is 28.7 Å². The highest BCUT2D eigenvalue weighted by molar-refractivity contribution is 6.42. The van der Waals surface area contributed by atoms with E-state index in [4.69, 9.17) is 23.2 Å². The van der Waals surface area contributed by atoms with Crippen LogP contribution in [0.15, 0.2) is 89.9 Å². The molecule has 0 spiro atoms. The minimum Gasteiger partial charge on any atom is -0.369 e. The first-order valence-corrected chi connectivity index (χ1v) is 15.9. The van der Waals surface area contributed by atoms with Crippen molar-refractivity contribution in [3.05, 3.63) is 133 Å². The molecule has 1 aliphatic rings. The summed E-state index contributed by atoms with van der Waals surface area (Å²) in [6.07, 6.45) is 2.73. The van der Waals surface area contributed by atoms with Crippen molar-refractivity contribution in [2.45, 2.75) is 32.7 Å². The first-order valence-electron chi connectivity index (χ1n) is 15.2. The molecule has 1 fully saturated rings. The summed E-state index contributed by atoms with van der Waals surface area (Å²) in [7, 11) is 1.88. The Bertz CT molecular complexity index is 1640. The molecule has 1 saturated heterocycles. The molecule has 1 atom stereocenters. The van der Waals surface area contributed by atoms with Gasteiger partial charge in [0, 0.05) is 69.2 Å². The number of amides is 1. The first-order chi connectivity index (χ1) is 21.2. The third-order valence-electron chi connectivity index (χ3n) is 8.46. The molecule has 5 rings (SSSR count). The minimum atomic E-state index is 0.00462. The maximum atomic E-state index is 13.4. The number of pyridine rings is 1. The van der Waals surface area contributed by atoms with Crippen LogP contribution in [0.2, 0.25) is 10.0 Å². The van der Waals surface area contributed by atoms with Crippen LogP contribution < -0.4 is 10.5 Å². The fourth-order valence-electron chi connectivity index (χ4n) is 6.14. The lowest BCUT2D eigenvalue weighted by Gasteiger charge is -2.38. The zero-order valence-electron chi connectivity index (χ0n) is 25.7. The van der Waals surface area contributed by atoms with Crippen molar-refractivity contribution in [2.24, 2.45) is 0 Å². The van der Waals surface area contributed by atoms with E-state index < -0.39 is 0 Å². The lowest BCUT2D eigenvalue weighted by atomic mass is 9.94. The number of rotatable bonds is 10. The van der Waals surface area contributed by atoms with Crippen molar-refractivity contribution in [1.82, 2.24) is 14.4 Å². The summed E-state index contributed by atoms with van der Waals surface area (Å²) in [6, 6.07) is 25.4. The number of nitrogens with zero attached hydrogens (tertiary/aromatic N) is 4. The van der Waals surface area contributed by atoms with Crippen LogP contribution in [0.25, 0.3) is 0 Å². The number of likely N-dealkylation sites (N-methyl/N-ethyl adjacent to an activating group) is 1. The molecular formula is C36H40Cl2N4O2. The fraction of sp³-hybridized carbons (Fsp3) is 0.333. The second-order valence-corrected chi connectivity index (χ2v) is 12.7. The van der Waals surface area contributed by atoms with Gasteiger partial charge in [0.2, 0.25) is 0 Å². The Morgan fingerprint density at radius 2 is 1.57 bits per heavy atom. The number of carbonyl (C=O) groups is 1. The van der Waals surface area contributed by atoms with E-state index in [1.165, 1.54) is 5.69 Å². The molecule has 1 aromatic heterocycles. The van der Waals surface area contributed by atoms with Crippen molar-refractivity contribution in [2.75, 3.05) is 51.2 Å². The number of benzene rings is 3. The Morgan fingerprint density at radius 3 is 2.27 bits per heavy atom. The summed E-state index contributed by atoms with van der Waals surface area (Å²) in [5.41, 5.74) is 6.30. The third kappa shape index (κ3) is 7.92. The summed E-state index contributed by atoms with van der Waals surface area (Å²) < 4.78 is 1.75. The topological polar surface area (TPSA) is 48.8 Å². The van der Waals surface area contributed by atoms with E-state index in [9.17, 15) is 9.59 Å². The summed E-state index contributed by atoms with van der Waals surface area (Å²) >= 11 is 12.7. The second-order valence-electron chi connectivity index (χ2n) is 11.8. The van der Waals surface area contributed by atoms with Crippen LogP contribution in [0.1, 0.15) is 45.0 Å². The van der Waals surface area contributed by atoms with Gasteiger partial charge in [0.25, 0.3) is 11.5 Å². The molecule has 230 valence electrons. The Kier molecular flexibility index (Phi) is 10.5. The maximum Gasteiger partial charge on any atom is 0.253 e. The van der Waals surface area contributed by atoms with Crippen molar-refractivity contribution in [3.63, 3.8) is 0 Å². The molecule has 6 nitrogen and oxygen atoms in total. The van der Waals surface area contributed by atoms with Gasteiger partial charge in [0.1, 0.15) is 0 Å². The van der Waals surface area contributed by atoms with Gasteiger partial charge in [-0.15, -0.1) is 0 Å². The molecule has 8 heteroatoms. The minimum absolute atomic E-state index is 0.00462. The molecule has 44 heavy (non-hydrogen) atoms. The molecule has 4 aromatic rings. The lowest BCUT2D eigenvalue weighted by molar-refractivity contribution is 0.0782. The van der Waals surface area contributed by atoms with Crippen molar-refractivity contribution in [1.29, 1.82) is 0 Å². The van der Waals surface area contributed by atoms with Gasteiger partial charge in [0.05, 0.1) is 16.6 Å². The van der Waals surface area contributed by atoms with Crippen molar-refractivity contribution in [3.8, 4) is 0 Å². The summed E-state index contributed by atoms with van der Waals surface area (Å²) in [5.74, 6) is 0.125. The van der Waals surface area contributed by atoms with Gasteiger partial charge in [-0.25, -0.2) is 0 Å². The van der Waals surface area contributed by atoms with Crippen molar-refractivity contribution < 1.29 is 4.79 Å². The fourth-order valence-corrected chi connectivity index (χ4v) is 6.45. The molecule has 0 aliphatic carbocycles. The predicted molar refractivity (Wildman–Crippen MR) is 182 cm³/mol. The molecule has 0 unspecified atom stereocenters. The molecule has 2 heterocycles. The van der Waals surface area contributed by atoms with Gasteiger partial charge in [-0.3, -0.25) is 14.5 Å². The van der Waals surface area contributed by atoms with E-state index in [0.717, 1.165) is 61.4 Å². The number of aromatic nitrogens is 1. The van der Waals surface area contributed by atoms with Gasteiger partial charge in [-0.1, -0.05) is 70.7 Å². The monoisotopic (exact) mass is 630 g/mol. The molecule has 3 aromatic carbocycles. The highest BCUT2D eigenvalue weighted by atomic mass is 35.5. The molecule has 0 radical (unpaired) electrons. The van der Waals surface area contributed by atoms with Crippen LogP contribution >= 0.6 is 23.2 Å². The standard InChI is InChI=1S/C36H40Cl2N4O2/c1-26-20-27(2)22-31(21-26)36(44)39(3)24-29(28-11-12-32(37)33(38)23-28)13-15-40-16-18-41(19-17-40)34-9-5-4-8-30(34)25-42-14-7-6-10-35(42)43/h4-12,14,20-23,29H,13,15-19,24-25H2,1-3H3/t29-/m1/s1. The number of anilines is 1. The number of aryl methyl sites for hydroxylation is 2. The molecule has 0 saturated carbocycles. The maximum absolute atomic E-state index is 13.4. The molecule has 0 N–H and O–H groups in total. The molecule has 0 bridgehead atoms. The highest BCUT2D eigenvalue weighted by Crippen LogP contribution is 2.30. The van der Waals surface area contributed by atoms with Gasteiger partial charge >= 0.3 is 0 Å². The summed E-state index contributed by atoms with van der Waals surface area (Å²) in [4.78, 5) is 32.5. The van der Waals surface area contributed by atoms with E-state index in [1.54, 1.807) is 16.7 Å². The van der Waals surface area contributed by atoms with Crippen LogP contribution in [0, 0.1) is 13.8 Å². The highest BCUT2D eigenvalue weighted by Gasteiger charge is 2.23. The SMILES string of the molecule is Cc1cc(C)cc(C(=O)N(C)C[C@@H](CCN2CCN(c3ccccc3Cn3ccccc3=O)CC2)c2ccc(Cl)c(Cl)c2)c1. The summed E-state index contributed by atoms with van der Waals surface area (Å²) in [6.45, 7) is 9.76. The Labute approximate surface area is 270 Å². The van der Waals surface area contributed by atoms with Crippen molar-refractivity contribution >= 4 is 34.8 Å². The third-order valence-corrected chi connectivity index (χ3v) is 9.20. The van der Waals surface area contributed by atoms with Gasteiger partial charge in [-0.2, -0.15) is 0 Å². The van der Waals surface area contributed by atoms with E-state index >= 15 is 0 Å². The van der Waals surface area contributed by atoms with Crippen LogP contribution in [0.4, 0.5) is 5.69 Å². The number of piperazine rings is 1. The average molecular weight is 632 g/mol. The predicted octanol–water partition coefficient (Wildman–Crippen LogP) is 6.89. The number of halogens is 2. The van der Waals surface area contributed by atoms with Crippen LogP contribution in [0.3, 0.4) is 0 Å². The average Bonchev–Trinajstić information content (AvgIpc) is 3.01.